The molecule has 0 bridgehead atoms. The molecule has 1 aromatic rings. The molecule has 0 aromatic heterocycles. The van der Waals surface area contributed by atoms with Gasteiger partial charge in [-0.2, -0.15) is 0 Å². The fraction of sp³-hybridized carbons (Fsp3) is 0.609. The van der Waals surface area contributed by atoms with Crippen LogP contribution >= 0.6 is 0 Å². The van der Waals surface area contributed by atoms with Crippen molar-refractivity contribution in [3.8, 4) is 5.75 Å². The zero-order chi connectivity index (χ0) is 21.3. The number of nitrogens with one attached hydrogen (secondary N) is 1. The molecule has 1 saturated heterocycles. The molecule has 0 radical (unpaired) electrons. The van der Waals surface area contributed by atoms with E-state index in [0.717, 1.165) is 42.7 Å². The summed E-state index contributed by atoms with van der Waals surface area (Å²) in [5.41, 5.74) is 2.80. The number of likely N-dealkylation sites (tertiary alicyclic amines) is 1. The average molecular weight is 416 g/mol. The number of piperidine rings is 1. The van der Waals surface area contributed by atoms with Gasteiger partial charge in [0.25, 0.3) is 0 Å². The summed E-state index contributed by atoms with van der Waals surface area (Å²) < 4.78 is 16.8. The maximum Gasteiger partial charge on any atom is 0.339 e. The van der Waals surface area contributed by atoms with Crippen LogP contribution in [0.1, 0.15) is 24.5 Å². The molecule has 2 fully saturated rings. The minimum absolute atomic E-state index is 0.0317. The molecule has 3 aliphatic rings. The summed E-state index contributed by atoms with van der Waals surface area (Å²) in [6.07, 6.45) is 3.54. The van der Waals surface area contributed by atoms with E-state index in [4.69, 9.17) is 14.2 Å². The summed E-state index contributed by atoms with van der Waals surface area (Å²) in [6, 6.07) is 6.15. The van der Waals surface area contributed by atoms with Gasteiger partial charge in [0.15, 0.2) is 0 Å². The van der Waals surface area contributed by atoms with Gasteiger partial charge in [-0.05, 0) is 55.7 Å². The number of nitrogens with zero attached hydrogens (tertiary/aromatic N) is 2. The maximum absolute atomic E-state index is 12.5. The van der Waals surface area contributed by atoms with E-state index in [0.29, 0.717) is 18.8 Å². The summed E-state index contributed by atoms with van der Waals surface area (Å²) in [5.74, 6) is 2.24. The van der Waals surface area contributed by atoms with E-state index in [2.05, 4.69) is 27.2 Å². The van der Waals surface area contributed by atoms with E-state index in [9.17, 15) is 4.79 Å². The van der Waals surface area contributed by atoms with Gasteiger partial charge in [-0.1, -0.05) is 12.1 Å². The molecule has 7 nitrogen and oxygen atoms in total. The average Bonchev–Trinajstić information content (AvgIpc) is 3.34. The van der Waals surface area contributed by atoms with Gasteiger partial charge in [-0.25, -0.2) is 4.79 Å². The van der Waals surface area contributed by atoms with Crippen molar-refractivity contribution < 1.29 is 19.0 Å². The molecule has 1 aliphatic carbocycles. The fourth-order valence-electron chi connectivity index (χ4n) is 4.60. The van der Waals surface area contributed by atoms with E-state index < -0.39 is 6.23 Å². The lowest BCUT2D eigenvalue weighted by Gasteiger charge is -2.42. The number of rotatable bonds is 8. The highest BCUT2D eigenvalue weighted by molar-refractivity contribution is 5.89. The Morgan fingerprint density at radius 3 is 2.70 bits per heavy atom. The number of esters is 1. The minimum atomic E-state index is -0.485. The first-order valence-corrected chi connectivity index (χ1v) is 10.9. The molecule has 4 unspecified atom stereocenters. The van der Waals surface area contributed by atoms with Crippen molar-refractivity contribution in [1.82, 2.24) is 15.1 Å². The van der Waals surface area contributed by atoms with Crippen LogP contribution < -0.4 is 10.1 Å². The van der Waals surface area contributed by atoms with Crippen LogP contribution in [0.25, 0.3) is 0 Å². The summed E-state index contributed by atoms with van der Waals surface area (Å²) in [4.78, 5) is 17.0. The van der Waals surface area contributed by atoms with E-state index in [1.54, 1.807) is 7.11 Å². The molecule has 4 atom stereocenters. The molecule has 0 spiro atoms. The first-order valence-electron chi connectivity index (χ1n) is 10.9. The first-order chi connectivity index (χ1) is 14.5. The molecule has 1 aromatic carbocycles. The number of methoxy groups -OCH3 is 1. The van der Waals surface area contributed by atoms with Crippen LogP contribution in [-0.4, -0.2) is 68.7 Å². The number of hydrogen-bond donors (Lipinski definition) is 1. The Morgan fingerprint density at radius 1 is 1.27 bits per heavy atom. The SMILES string of the molecule is CCOC(=O)C1=CN(C)C(N2CC3CC3C2)NC1OCCc1ccc(OC)c(C)c1. The molecule has 2 heterocycles. The van der Waals surface area contributed by atoms with Crippen LogP contribution in [0.2, 0.25) is 0 Å². The molecular formula is C23H33N3O4. The quantitative estimate of drug-likeness (QED) is 0.653. The number of benzene rings is 1. The lowest BCUT2D eigenvalue weighted by Crippen LogP contribution is -2.61. The molecule has 2 aliphatic heterocycles. The molecule has 4 rings (SSSR count). The third kappa shape index (κ3) is 4.48. The van der Waals surface area contributed by atoms with Crippen LogP contribution in [-0.2, 0) is 20.7 Å². The van der Waals surface area contributed by atoms with Crippen molar-refractivity contribution in [2.75, 3.05) is 40.5 Å². The predicted octanol–water partition coefficient (Wildman–Crippen LogP) is 2.11. The normalized spacial score (nSPS) is 28.1. The monoisotopic (exact) mass is 415 g/mol. The molecule has 0 amide bonds. The molecule has 1 saturated carbocycles. The second-order valence-corrected chi connectivity index (χ2v) is 8.53. The van der Waals surface area contributed by atoms with Crippen LogP contribution in [0.5, 0.6) is 5.75 Å². The van der Waals surface area contributed by atoms with Gasteiger partial charge in [-0.15, -0.1) is 0 Å². The Balaban J connectivity index is 1.41. The maximum atomic E-state index is 12.5. The predicted molar refractivity (Wildman–Crippen MR) is 114 cm³/mol. The zero-order valence-corrected chi connectivity index (χ0v) is 18.4. The zero-order valence-electron chi connectivity index (χ0n) is 18.4. The Bertz CT molecular complexity index is 802. The summed E-state index contributed by atoms with van der Waals surface area (Å²) >= 11 is 0. The highest BCUT2D eigenvalue weighted by Crippen LogP contribution is 2.45. The van der Waals surface area contributed by atoms with Gasteiger partial charge in [0, 0.05) is 26.3 Å². The van der Waals surface area contributed by atoms with Gasteiger partial charge in [0.1, 0.15) is 18.3 Å². The number of ether oxygens (including phenoxy) is 3. The molecule has 164 valence electrons. The van der Waals surface area contributed by atoms with Crippen molar-refractivity contribution in [2.45, 2.75) is 39.2 Å². The number of carbonyl (C=O) groups excluding carboxylic acids is 1. The van der Waals surface area contributed by atoms with Gasteiger partial charge in [-0.3, -0.25) is 10.2 Å². The van der Waals surface area contributed by atoms with Crippen molar-refractivity contribution >= 4 is 5.97 Å². The van der Waals surface area contributed by atoms with E-state index in [-0.39, 0.29) is 12.3 Å². The van der Waals surface area contributed by atoms with Gasteiger partial charge in [0.05, 0.1) is 25.9 Å². The second kappa shape index (κ2) is 8.96. The van der Waals surface area contributed by atoms with Crippen molar-refractivity contribution in [2.24, 2.45) is 11.8 Å². The molecular weight excluding hydrogens is 382 g/mol. The third-order valence-corrected chi connectivity index (χ3v) is 6.31. The first kappa shape index (κ1) is 21.2. The summed E-state index contributed by atoms with van der Waals surface area (Å²) in [6.45, 7) is 6.91. The third-order valence-electron chi connectivity index (χ3n) is 6.31. The topological polar surface area (TPSA) is 63.3 Å². The fourth-order valence-corrected chi connectivity index (χ4v) is 4.60. The molecule has 30 heavy (non-hydrogen) atoms. The van der Waals surface area contributed by atoms with Crippen molar-refractivity contribution in [3.05, 3.63) is 41.1 Å². The van der Waals surface area contributed by atoms with Crippen LogP contribution in [0, 0.1) is 18.8 Å². The van der Waals surface area contributed by atoms with Crippen molar-refractivity contribution in [1.29, 1.82) is 0 Å². The van der Waals surface area contributed by atoms with Gasteiger partial charge < -0.3 is 19.1 Å². The molecule has 7 heteroatoms. The number of hydrogen-bond acceptors (Lipinski definition) is 7. The standard InChI is InChI=1S/C23H33N3O4/c1-5-29-22(27)19-14-25(3)23(26-12-17-11-18(17)13-26)24-21(19)30-9-8-16-6-7-20(28-4)15(2)10-16/h6-7,10,14,17-18,21,23-24H,5,8-9,11-13H2,1-4H3. The largest absolute Gasteiger partial charge is 0.496 e. The number of fused-ring (bicyclic) bond motifs is 1. The second-order valence-electron chi connectivity index (χ2n) is 8.53. The summed E-state index contributed by atoms with van der Waals surface area (Å²) in [5, 5.41) is 3.53. The smallest absolute Gasteiger partial charge is 0.339 e. The summed E-state index contributed by atoms with van der Waals surface area (Å²) in [7, 11) is 3.68. The number of aryl methyl sites for hydroxylation is 1. The highest BCUT2D eigenvalue weighted by atomic mass is 16.5. The van der Waals surface area contributed by atoms with Gasteiger partial charge >= 0.3 is 5.97 Å². The Labute approximate surface area is 179 Å². The minimum Gasteiger partial charge on any atom is -0.496 e. The Morgan fingerprint density at radius 2 is 2.03 bits per heavy atom. The Hall–Kier alpha value is -2.09. The lowest BCUT2D eigenvalue weighted by atomic mass is 10.1. The highest BCUT2D eigenvalue weighted by Gasteiger charge is 2.48. The Kier molecular flexibility index (Phi) is 6.32. The van der Waals surface area contributed by atoms with Gasteiger partial charge in [0.2, 0.25) is 0 Å². The van der Waals surface area contributed by atoms with Crippen LogP contribution in [0.4, 0.5) is 0 Å². The molecule has 1 N–H and O–H groups in total. The van der Waals surface area contributed by atoms with E-state index >= 15 is 0 Å². The van der Waals surface area contributed by atoms with Crippen LogP contribution in [0.3, 0.4) is 0 Å². The van der Waals surface area contributed by atoms with E-state index in [1.165, 1.54) is 12.0 Å². The van der Waals surface area contributed by atoms with Crippen molar-refractivity contribution in [3.63, 3.8) is 0 Å². The lowest BCUT2D eigenvalue weighted by molar-refractivity contribution is -0.142. The van der Waals surface area contributed by atoms with Crippen LogP contribution in [0.15, 0.2) is 30.0 Å². The van der Waals surface area contributed by atoms with E-state index in [1.807, 2.05) is 33.2 Å². The number of carbonyl (C=O) groups is 1.